The normalized spacial score (nSPS) is 14.5. The fraction of sp³-hybridized carbons (Fsp3) is 0.476. The number of rotatable bonds is 12. The van der Waals surface area contributed by atoms with Crippen LogP contribution >= 0.6 is 0 Å². The Morgan fingerprint density at radius 1 is 0.875 bits per heavy atom. The van der Waals surface area contributed by atoms with Crippen LogP contribution in [0.1, 0.15) is 32.8 Å². The molecule has 0 aliphatic carbocycles. The van der Waals surface area contributed by atoms with Crippen molar-refractivity contribution in [1.82, 2.24) is 16.0 Å². The molecule has 32 heavy (non-hydrogen) atoms. The van der Waals surface area contributed by atoms with E-state index in [0.717, 1.165) is 5.56 Å². The van der Waals surface area contributed by atoms with E-state index in [9.17, 15) is 29.1 Å². The number of aliphatic carboxylic acids is 2. The van der Waals surface area contributed by atoms with Crippen LogP contribution in [0.5, 0.6) is 0 Å². The van der Waals surface area contributed by atoms with Gasteiger partial charge in [0.1, 0.15) is 18.1 Å². The average Bonchev–Trinajstić information content (AvgIpc) is 2.70. The minimum Gasteiger partial charge on any atom is -0.481 e. The Kier molecular flexibility index (Phi) is 10.3. The van der Waals surface area contributed by atoms with E-state index in [1.165, 1.54) is 6.92 Å². The largest absolute Gasteiger partial charge is 0.481 e. The van der Waals surface area contributed by atoms with Crippen molar-refractivity contribution in [2.75, 3.05) is 0 Å². The van der Waals surface area contributed by atoms with E-state index in [0.29, 0.717) is 0 Å². The molecule has 11 nitrogen and oxygen atoms in total. The minimum atomic E-state index is -1.53. The first-order valence-corrected chi connectivity index (χ1v) is 10.1. The zero-order valence-corrected chi connectivity index (χ0v) is 18.2. The van der Waals surface area contributed by atoms with Gasteiger partial charge < -0.3 is 31.9 Å². The summed E-state index contributed by atoms with van der Waals surface area (Å²) in [5, 5.41) is 25.2. The molecule has 1 aromatic carbocycles. The van der Waals surface area contributed by atoms with Gasteiger partial charge in [-0.2, -0.15) is 0 Å². The van der Waals surface area contributed by atoms with Gasteiger partial charge in [0.15, 0.2) is 0 Å². The maximum atomic E-state index is 12.5. The van der Waals surface area contributed by atoms with Crippen molar-refractivity contribution in [3.63, 3.8) is 0 Å². The number of carbonyl (C=O) groups is 5. The predicted octanol–water partition coefficient (Wildman–Crippen LogP) is -0.754. The fourth-order valence-electron chi connectivity index (χ4n) is 2.79. The van der Waals surface area contributed by atoms with E-state index in [1.807, 2.05) is 6.07 Å². The Morgan fingerprint density at radius 3 is 1.97 bits per heavy atom. The zero-order chi connectivity index (χ0) is 24.4. The second kappa shape index (κ2) is 12.4. The molecule has 3 amide bonds. The third-order valence-corrected chi connectivity index (χ3v) is 4.63. The molecule has 0 saturated heterocycles. The predicted molar refractivity (Wildman–Crippen MR) is 114 cm³/mol. The lowest BCUT2D eigenvalue weighted by Crippen LogP contribution is -2.57. The van der Waals surface area contributed by atoms with E-state index in [4.69, 9.17) is 10.8 Å². The van der Waals surface area contributed by atoms with E-state index in [-0.39, 0.29) is 6.42 Å². The van der Waals surface area contributed by atoms with Gasteiger partial charge in [0.05, 0.1) is 12.5 Å². The Bertz CT molecular complexity index is 829. The standard InChI is InChI=1S/C21H30N4O7/c1-11(2)17(21(31)32)25-20(30)15(10-16(26)27)24-18(28)12(3)23-19(29)14(22)9-13-7-5-4-6-8-13/h4-8,11-12,14-15,17H,9-10,22H2,1-3H3,(H,23,29)(H,24,28)(H,25,30)(H,26,27)(H,31,32). The first kappa shape index (κ1) is 26.6. The molecule has 1 rings (SSSR count). The molecule has 0 aliphatic rings. The molecule has 0 fully saturated rings. The number of carbonyl (C=O) groups excluding carboxylic acids is 3. The first-order chi connectivity index (χ1) is 14.9. The van der Waals surface area contributed by atoms with Crippen LogP contribution in [0.3, 0.4) is 0 Å². The lowest BCUT2D eigenvalue weighted by atomic mass is 10.0. The minimum absolute atomic E-state index is 0.247. The Hall–Kier alpha value is -3.47. The summed E-state index contributed by atoms with van der Waals surface area (Å²) in [5.74, 6) is -5.50. The lowest BCUT2D eigenvalue weighted by molar-refractivity contribution is -0.144. The molecule has 0 spiro atoms. The van der Waals surface area contributed by atoms with E-state index >= 15 is 0 Å². The zero-order valence-electron chi connectivity index (χ0n) is 18.2. The third-order valence-electron chi connectivity index (χ3n) is 4.63. The highest BCUT2D eigenvalue weighted by atomic mass is 16.4. The molecule has 0 aromatic heterocycles. The van der Waals surface area contributed by atoms with Gasteiger partial charge in [-0.1, -0.05) is 44.2 Å². The maximum absolute atomic E-state index is 12.5. The molecule has 0 radical (unpaired) electrons. The van der Waals surface area contributed by atoms with Crippen molar-refractivity contribution in [2.45, 2.75) is 57.8 Å². The van der Waals surface area contributed by atoms with Gasteiger partial charge in [0.25, 0.3) is 0 Å². The van der Waals surface area contributed by atoms with Crippen LogP contribution in [0, 0.1) is 5.92 Å². The molecule has 176 valence electrons. The van der Waals surface area contributed by atoms with E-state index < -0.39 is 66.2 Å². The molecule has 4 unspecified atom stereocenters. The number of nitrogens with one attached hydrogen (secondary N) is 3. The molecule has 0 aliphatic heterocycles. The molecule has 11 heteroatoms. The Labute approximate surface area is 185 Å². The summed E-state index contributed by atoms with van der Waals surface area (Å²) < 4.78 is 0. The number of nitrogens with two attached hydrogens (primary N) is 1. The number of amides is 3. The van der Waals surface area contributed by atoms with Gasteiger partial charge in [0, 0.05) is 0 Å². The summed E-state index contributed by atoms with van der Waals surface area (Å²) in [7, 11) is 0. The molecule has 0 bridgehead atoms. The topological polar surface area (TPSA) is 188 Å². The summed E-state index contributed by atoms with van der Waals surface area (Å²) in [6, 6.07) is 4.21. The van der Waals surface area contributed by atoms with Crippen molar-refractivity contribution in [2.24, 2.45) is 11.7 Å². The summed E-state index contributed by atoms with van der Waals surface area (Å²) in [6.07, 6.45) is -0.521. The Balaban J connectivity index is 2.75. The second-order valence-electron chi connectivity index (χ2n) is 7.75. The average molecular weight is 450 g/mol. The quantitative estimate of drug-likeness (QED) is 0.240. The van der Waals surface area contributed by atoms with E-state index in [1.54, 1.807) is 38.1 Å². The van der Waals surface area contributed by atoms with Crippen LogP contribution in [0.25, 0.3) is 0 Å². The van der Waals surface area contributed by atoms with Crippen molar-refractivity contribution in [3.8, 4) is 0 Å². The fourth-order valence-corrected chi connectivity index (χ4v) is 2.79. The lowest BCUT2D eigenvalue weighted by Gasteiger charge is -2.24. The smallest absolute Gasteiger partial charge is 0.326 e. The highest BCUT2D eigenvalue weighted by molar-refractivity contribution is 5.95. The summed E-state index contributed by atoms with van der Waals surface area (Å²) >= 11 is 0. The molecule has 7 N–H and O–H groups in total. The molecular weight excluding hydrogens is 420 g/mol. The molecule has 4 atom stereocenters. The van der Waals surface area contributed by atoms with Crippen LogP contribution < -0.4 is 21.7 Å². The van der Waals surface area contributed by atoms with Crippen molar-refractivity contribution in [1.29, 1.82) is 0 Å². The molecular formula is C21H30N4O7. The van der Waals surface area contributed by atoms with Crippen LogP contribution in [0.15, 0.2) is 30.3 Å². The summed E-state index contributed by atoms with van der Waals surface area (Å²) in [6.45, 7) is 4.49. The number of hydrogen-bond donors (Lipinski definition) is 6. The van der Waals surface area contributed by atoms with Gasteiger partial charge >= 0.3 is 11.9 Å². The van der Waals surface area contributed by atoms with Crippen molar-refractivity contribution < 1.29 is 34.2 Å². The number of benzene rings is 1. The summed E-state index contributed by atoms with van der Waals surface area (Å²) in [5.41, 5.74) is 6.72. The third kappa shape index (κ3) is 8.72. The number of hydrogen-bond acceptors (Lipinski definition) is 6. The maximum Gasteiger partial charge on any atom is 0.326 e. The highest BCUT2D eigenvalue weighted by Crippen LogP contribution is 2.05. The highest BCUT2D eigenvalue weighted by Gasteiger charge is 2.31. The van der Waals surface area contributed by atoms with Crippen molar-refractivity contribution in [3.05, 3.63) is 35.9 Å². The number of carboxylic acid groups (broad SMARTS) is 2. The Morgan fingerprint density at radius 2 is 1.47 bits per heavy atom. The summed E-state index contributed by atoms with van der Waals surface area (Å²) in [4.78, 5) is 59.6. The van der Waals surface area contributed by atoms with Crippen molar-refractivity contribution >= 4 is 29.7 Å². The second-order valence-corrected chi connectivity index (χ2v) is 7.75. The van der Waals surface area contributed by atoms with E-state index in [2.05, 4.69) is 16.0 Å². The van der Waals surface area contributed by atoms with Gasteiger partial charge in [-0.3, -0.25) is 19.2 Å². The van der Waals surface area contributed by atoms with Gasteiger partial charge in [-0.25, -0.2) is 4.79 Å². The molecule has 1 aromatic rings. The monoisotopic (exact) mass is 450 g/mol. The molecule has 0 heterocycles. The first-order valence-electron chi connectivity index (χ1n) is 10.1. The van der Waals surface area contributed by atoms with Crippen LogP contribution in [-0.2, 0) is 30.4 Å². The van der Waals surface area contributed by atoms with Gasteiger partial charge in [-0.05, 0) is 24.8 Å². The SMILES string of the molecule is CC(NC(=O)C(N)Cc1ccccc1)C(=O)NC(CC(=O)O)C(=O)NC(C(=O)O)C(C)C. The van der Waals surface area contributed by atoms with Gasteiger partial charge in [-0.15, -0.1) is 0 Å². The number of carboxylic acids is 2. The van der Waals surface area contributed by atoms with Crippen LogP contribution in [-0.4, -0.2) is 64.0 Å². The van der Waals surface area contributed by atoms with Crippen LogP contribution in [0.4, 0.5) is 0 Å². The van der Waals surface area contributed by atoms with Crippen LogP contribution in [0.2, 0.25) is 0 Å². The van der Waals surface area contributed by atoms with Gasteiger partial charge in [0.2, 0.25) is 17.7 Å². The molecule has 0 saturated carbocycles.